The first-order valence-corrected chi connectivity index (χ1v) is 6.89. The molecule has 2 rings (SSSR count). The number of aliphatic hydroxyl groups excluding tert-OH is 1. The van der Waals surface area contributed by atoms with E-state index in [1.807, 2.05) is 0 Å². The van der Waals surface area contributed by atoms with E-state index in [1.54, 1.807) is 6.07 Å². The van der Waals surface area contributed by atoms with E-state index in [4.69, 9.17) is 0 Å². The minimum absolute atomic E-state index is 0.0470. The predicted molar refractivity (Wildman–Crippen MR) is 70.8 cm³/mol. The quantitative estimate of drug-likeness (QED) is 0.841. The first-order chi connectivity index (χ1) is 9.56. The summed E-state index contributed by atoms with van der Waals surface area (Å²) in [5.74, 6) is -0.365. The van der Waals surface area contributed by atoms with E-state index in [1.165, 1.54) is 16.8 Å². The molecule has 1 fully saturated rings. The Balaban J connectivity index is 1.96. The number of halogens is 2. The lowest BCUT2D eigenvalue weighted by molar-refractivity contribution is 0.0861. The van der Waals surface area contributed by atoms with Gasteiger partial charge in [-0.2, -0.15) is 0 Å². The Hall–Kier alpha value is -1.43. The highest BCUT2D eigenvalue weighted by atomic mass is 19.3. The molecule has 1 saturated carbocycles. The van der Waals surface area contributed by atoms with Gasteiger partial charge >= 0.3 is 0 Å². The summed E-state index contributed by atoms with van der Waals surface area (Å²) in [7, 11) is 0. The fourth-order valence-electron chi connectivity index (χ4n) is 2.80. The van der Waals surface area contributed by atoms with Crippen molar-refractivity contribution in [3.63, 3.8) is 0 Å². The minimum atomic E-state index is -2.49. The highest BCUT2D eigenvalue weighted by molar-refractivity contribution is 5.92. The summed E-state index contributed by atoms with van der Waals surface area (Å²) < 4.78 is 26.1. The number of carbonyl (C=O) groups is 1. The second-order valence-electron chi connectivity index (χ2n) is 5.48. The van der Waals surface area contributed by atoms with Crippen molar-refractivity contribution in [3.8, 4) is 0 Å². The molecule has 0 saturated heterocycles. The summed E-state index contributed by atoms with van der Waals surface area (Å²) in [6.07, 6.45) is 2.87. The van der Waals surface area contributed by atoms with Crippen LogP contribution in [0.3, 0.4) is 0 Å². The number of nitrogens with zero attached hydrogens (tertiary/aromatic N) is 1. The van der Waals surface area contributed by atoms with E-state index in [9.17, 15) is 18.7 Å². The Kier molecular flexibility index (Phi) is 4.75. The van der Waals surface area contributed by atoms with Crippen molar-refractivity contribution in [2.75, 3.05) is 13.2 Å². The van der Waals surface area contributed by atoms with E-state index in [-0.39, 0.29) is 23.6 Å². The minimum Gasteiger partial charge on any atom is -0.396 e. The van der Waals surface area contributed by atoms with Crippen molar-refractivity contribution in [2.24, 2.45) is 5.41 Å². The van der Waals surface area contributed by atoms with Crippen molar-refractivity contribution in [2.45, 2.75) is 38.7 Å². The van der Waals surface area contributed by atoms with Crippen LogP contribution in [0.25, 0.3) is 0 Å². The van der Waals surface area contributed by atoms with Crippen LogP contribution in [-0.4, -0.2) is 35.2 Å². The second-order valence-corrected chi connectivity index (χ2v) is 5.48. The van der Waals surface area contributed by atoms with Crippen molar-refractivity contribution in [3.05, 3.63) is 24.0 Å². The summed E-state index contributed by atoms with van der Waals surface area (Å²) in [6.45, 7) is -0.0472. The van der Waals surface area contributed by atoms with E-state index in [0.717, 1.165) is 25.7 Å². The summed E-state index contributed by atoms with van der Waals surface area (Å²) in [4.78, 5) is 12.1. The molecule has 1 amide bonds. The van der Waals surface area contributed by atoms with Crippen LogP contribution in [0.2, 0.25) is 0 Å². The summed E-state index contributed by atoms with van der Waals surface area (Å²) in [5, 5.41) is 12.2. The molecule has 1 aromatic heterocycles. The van der Waals surface area contributed by atoms with Crippen molar-refractivity contribution >= 4 is 5.91 Å². The van der Waals surface area contributed by atoms with Crippen LogP contribution in [0.5, 0.6) is 0 Å². The van der Waals surface area contributed by atoms with Crippen LogP contribution in [0.15, 0.2) is 18.3 Å². The molecule has 0 unspecified atom stereocenters. The van der Waals surface area contributed by atoms with Gasteiger partial charge in [0.25, 0.3) is 12.3 Å². The Bertz CT molecular complexity index is 454. The number of aliphatic hydroxyl groups is 1. The van der Waals surface area contributed by atoms with Gasteiger partial charge in [0.05, 0.1) is 13.2 Å². The molecule has 1 aliphatic rings. The van der Waals surface area contributed by atoms with Gasteiger partial charge in [0, 0.05) is 18.2 Å². The van der Waals surface area contributed by atoms with Crippen LogP contribution < -0.4 is 5.32 Å². The smallest absolute Gasteiger partial charge is 0.267 e. The van der Waals surface area contributed by atoms with Gasteiger partial charge in [-0.1, -0.05) is 12.8 Å². The zero-order chi connectivity index (χ0) is 14.6. The Labute approximate surface area is 116 Å². The van der Waals surface area contributed by atoms with Gasteiger partial charge < -0.3 is 15.0 Å². The number of amides is 1. The zero-order valence-corrected chi connectivity index (χ0v) is 11.3. The number of nitrogens with one attached hydrogen (secondary N) is 1. The molecule has 1 aromatic rings. The van der Waals surface area contributed by atoms with Crippen LogP contribution >= 0.6 is 0 Å². The normalized spacial score (nSPS) is 17.6. The molecule has 0 aliphatic heterocycles. The lowest BCUT2D eigenvalue weighted by atomic mass is 9.87. The number of alkyl halides is 2. The highest BCUT2D eigenvalue weighted by Crippen LogP contribution is 2.36. The molecule has 2 N–H and O–H groups in total. The highest BCUT2D eigenvalue weighted by Gasteiger charge is 2.33. The van der Waals surface area contributed by atoms with E-state index >= 15 is 0 Å². The molecule has 4 nitrogen and oxygen atoms in total. The first kappa shape index (κ1) is 15.0. The lowest BCUT2D eigenvalue weighted by Gasteiger charge is -2.26. The monoisotopic (exact) mass is 286 g/mol. The van der Waals surface area contributed by atoms with Gasteiger partial charge in [0.15, 0.2) is 0 Å². The molecule has 0 aromatic carbocycles. The van der Waals surface area contributed by atoms with Gasteiger partial charge in [0.1, 0.15) is 5.69 Å². The Morgan fingerprint density at radius 2 is 2.15 bits per heavy atom. The number of hydrogen-bond acceptors (Lipinski definition) is 2. The van der Waals surface area contributed by atoms with Gasteiger partial charge in [0.2, 0.25) is 0 Å². The average Bonchev–Trinajstić information content (AvgIpc) is 3.05. The standard InChI is InChI=1S/C14H20F2N2O2/c15-12(16)8-18-7-3-4-11(18)13(20)17-9-14(10-19)5-1-2-6-14/h3-4,7,12,19H,1-2,5-6,8-10H2,(H,17,20). The largest absolute Gasteiger partial charge is 0.396 e. The molecule has 6 heteroatoms. The van der Waals surface area contributed by atoms with E-state index in [2.05, 4.69) is 5.32 Å². The molecule has 112 valence electrons. The van der Waals surface area contributed by atoms with Gasteiger partial charge in [-0.3, -0.25) is 4.79 Å². The molecular formula is C14H20F2N2O2. The Morgan fingerprint density at radius 3 is 2.75 bits per heavy atom. The van der Waals surface area contributed by atoms with Gasteiger partial charge in [-0.15, -0.1) is 0 Å². The number of hydrogen-bond donors (Lipinski definition) is 2. The molecule has 0 atom stereocenters. The predicted octanol–water partition coefficient (Wildman–Crippen LogP) is 2.04. The number of aromatic nitrogens is 1. The maximum Gasteiger partial charge on any atom is 0.267 e. The zero-order valence-electron chi connectivity index (χ0n) is 11.3. The molecule has 0 radical (unpaired) electrons. The van der Waals surface area contributed by atoms with Crippen molar-refractivity contribution in [1.82, 2.24) is 9.88 Å². The third kappa shape index (κ3) is 3.36. The van der Waals surface area contributed by atoms with E-state index < -0.39 is 13.0 Å². The first-order valence-electron chi connectivity index (χ1n) is 6.89. The van der Waals surface area contributed by atoms with Crippen molar-refractivity contribution < 1.29 is 18.7 Å². The topological polar surface area (TPSA) is 54.3 Å². The summed E-state index contributed by atoms with van der Waals surface area (Å²) >= 11 is 0. The molecule has 1 heterocycles. The SMILES string of the molecule is O=C(NCC1(CO)CCCC1)c1cccn1CC(F)F. The summed E-state index contributed by atoms with van der Waals surface area (Å²) in [6, 6.07) is 3.10. The third-order valence-corrected chi connectivity index (χ3v) is 4.02. The van der Waals surface area contributed by atoms with Crippen LogP contribution in [0.4, 0.5) is 8.78 Å². The van der Waals surface area contributed by atoms with Crippen LogP contribution in [0, 0.1) is 5.41 Å². The van der Waals surface area contributed by atoms with Crippen molar-refractivity contribution in [1.29, 1.82) is 0 Å². The molecule has 0 bridgehead atoms. The van der Waals surface area contributed by atoms with Gasteiger partial charge in [-0.05, 0) is 25.0 Å². The fraction of sp³-hybridized carbons (Fsp3) is 0.643. The van der Waals surface area contributed by atoms with Crippen LogP contribution in [0.1, 0.15) is 36.2 Å². The fourth-order valence-corrected chi connectivity index (χ4v) is 2.80. The van der Waals surface area contributed by atoms with Crippen LogP contribution in [-0.2, 0) is 6.54 Å². The lowest BCUT2D eigenvalue weighted by Crippen LogP contribution is -2.39. The summed E-state index contributed by atoms with van der Waals surface area (Å²) in [5.41, 5.74) is -0.00751. The molecule has 20 heavy (non-hydrogen) atoms. The maximum atomic E-state index is 12.4. The Morgan fingerprint density at radius 1 is 1.45 bits per heavy atom. The average molecular weight is 286 g/mol. The van der Waals surface area contributed by atoms with Gasteiger partial charge in [-0.25, -0.2) is 8.78 Å². The molecule has 0 spiro atoms. The number of carbonyl (C=O) groups excluding carboxylic acids is 1. The maximum absolute atomic E-state index is 12.4. The molecule has 1 aliphatic carbocycles. The number of rotatable bonds is 6. The third-order valence-electron chi connectivity index (χ3n) is 4.02. The van der Waals surface area contributed by atoms with E-state index in [0.29, 0.717) is 6.54 Å². The molecular weight excluding hydrogens is 266 g/mol. The second kappa shape index (κ2) is 6.35.